The van der Waals surface area contributed by atoms with Gasteiger partial charge in [0.2, 0.25) is 5.91 Å². The number of carbonyl (C=O) groups excluding carboxylic acids is 2. The molecule has 1 fully saturated rings. The third kappa shape index (κ3) is 2.03. The van der Waals surface area contributed by atoms with Crippen LogP contribution in [0.1, 0.15) is 20.3 Å². The van der Waals surface area contributed by atoms with Crippen LogP contribution in [0.15, 0.2) is 0 Å². The topological polar surface area (TPSA) is 46.2 Å². The summed E-state index contributed by atoms with van der Waals surface area (Å²) in [4.78, 5) is 21.3. The summed E-state index contributed by atoms with van der Waals surface area (Å²) in [5.74, 6) is -0.0132. The van der Waals surface area contributed by atoms with Crippen LogP contribution in [0.2, 0.25) is 0 Å². The first-order chi connectivity index (χ1) is 5.15. The Labute approximate surface area is 66.2 Å². The quantitative estimate of drug-likeness (QED) is 0.597. The van der Waals surface area contributed by atoms with Gasteiger partial charge in [-0.15, -0.1) is 0 Å². The van der Waals surface area contributed by atoms with Crippen LogP contribution < -0.4 is 5.32 Å². The Bertz CT molecular complexity index is 177. The lowest BCUT2D eigenvalue weighted by atomic mass is 10.3. The van der Waals surface area contributed by atoms with Crippen LogP contribution in [-0.4, -0.2) is 18.2 Å². The summed E-state index contributed by atoms with van der Waals surface area (Å²) in [6.45, 7) is 3.83. The van der Waals surface area contributed by atoms with E-state index >= 15 is 0 Å². The maximum atomic E-state index is 11.1. The van der Waals surface area contributed by atoms with Crippen LogP contribution >= 0.6 is 0 Å². The molecule has 0 aromatic heterocycles. The Morgan fingerprint density at radius 3 is 2.64 bits per heavy atom. The molecule has 0 bridgehead atoms. The van der Waals surface area contributed by atoms with E-state index in [1.165, 1.54) is 0 Å². The van der Waals surface area contributed by atoms with Crippen molar-refractivity contribution in [2.24, 2.45) is 11.8 Å². The van der Waals surface area contributed by atoms with E-state index in [0.29, 0.717) is 0 Å². The van der Waals surface area contributed by atoms with Crippen LogP contribution in [0.5, 0.6) is 0 Å². The fourth-order valence-corrected chi connectivity index (χ4v) is 1.06. The van der Waals surface area contributed by atoms with Crippen molar-refractivity contribution >= 4 is 12.2 Å². The highest BCUT2D eigenvalue weighted by Gasteiger charge is 2.42. The third-order valence-electron chi connectivity index (χ3n) is 1.78. The highest BCUT2D eigenvalue weighted by Crippen LogP contribution is 2.36. The fraction of sp³-hybridized carbons (Fsp3) is 0.750. The molecule has 0 unspecified atom stereocenters. The van der Waals surface area contributed by atoms with Crippen LogP contribution in [0.25, 0.3) is 0 Å². The number of amides is 1. The molecule has 3 nitrogen and oxygen atoms in total. The minimum atomic E-state index is -0.0325. The second-order valence-electron chi connectivity index (χ2n) is 3.31. The van der Waals surface area contributed by atoms with Crippen LogP contribution in [-0.2, 0) is 9.59 Å². The van der Waals surface area contributed by atoms with Gasteiger partial charge in [0.25, 0.3) is 0 Å². The zero-order valence-corrected chi connectivity index (χ0v) is 6.83. The average molecular weight is 155 g/mol. The largest absolute Gasteiger partial charge is 0.354 e. The molecular formula is C8H13NO2. The average Bonchev–Trinajstić information content (AvgIpc) is 2.63. The maximum Gasteiger partial charge on any atom is 0.224 e. The summed E-state index contributed by atoms with van der Waals surface area (Å²) >= 11 is 0. The third-order valence-corrected chi connectivity index (χ3v) is 1.78. The normalized spacial score (nSPS) is 28.3. The van der Waals surface area contributed by atoms with Crippen molar-refractivity contribution in [3.8, 4) is 0 Å². The van der Waals surface area contributed by atoms with Gasteiger partial charge in [0.15, 0.2) is 0 Å². The lowest BCUT2D eigenvalue weighted by Crippen LogP contribution is -2.31. The number of nitrogens with one attached hydrogen (secondary N) is 1. The van der Waals surface area contributed by atoms with Gasteiger partial charge in [-0.25, -0.2) is 0 Å². The van der Waals surface area contributed by atoms with Crippen molar-refractivity contribution in [3.63, 3.8) is 0 Å². The van der Waals surface area contributed by atoms with E-state index in [9.17, 15) is 9.59 Å². The summed E-state index contributed by atoms with van der Waals surface area (Å²) in [5.41, 5.74) is 0. The Kier molecular flexibility index (Phi) is 2.27. The molecule has 0 heterocycles. The number of hydrogen-bond acceptors (Lipinski definition) is 2. The minimum Gasteiger partial charge on any atom is -0.354 e. The van der Waals surface area contributed by atoms with Crippen LogP contribution in [0.4, 0.5) is 0 Å². The van der Waals surface area contributed by atoms with Crippen molar-refractivity contribution < 1.29 is 9.59 Å². The first kappa shape index (κ1) is 8.24. The molecule has 1 aliphatic rings. The maximum absolute atomic E-state index is 11.1. The molecule has 0 aliphatic heterocycles. The molecule has 2 atom stereocenters. The van der Waals surface area contributed by atoms with E-state index in [-0.39, 0.29) is 23.8 Å². The van der Waals surface area contributed by atoms with Crippen molar-refractivity contribution in [2.75, 3.05) is 0 Å². The first-order valence-corrected chi connectivity index (χ1v) is 3.91. The highest BCUT2D eigenvalue weighted by molar-refractivity contribution is 5.86. The Morgan fingerprint density at radius 2 is 2.27 bits per heavy atom. The van der Waals surface area contributed by atoms with Crippen molar-refractivity contribution in [1.29, 1.82) is 0 Å². The highest BCUT2D eigenvalue weighted by atomic mass is 16.2. The van der Waals surface area contributed by atoms with E-state index in [4.69, 9.17) is 0 Å². The predicted molar refractivity (Wildman–Crippen MR) is 40.9 cm³/mol. The van der Waals surface area contributed by atoms with E-state index < -0.39 is 0 Å². The van der Waals surface area contributed by atoms with Gasteiger partial charge >= 0.3 is 0 Å². The molecule has 62 valence electrons. The second kappa shape index (κ2) is 3.03. The van der Waals surface area contributed by atoms with Crippen LogP contribution in [0, 0.1) is 11.8 Å². The Hall–Kier alpha value is -0.860. The summed E-state index contributed by atoms with van der Waals surface area (Å²) in [6, 6.07) is 0.176. The first-order valence-electron chi connectivity index (χ1n) is 3.91. The van der Waals surface area contributed by atoms with E-state index in [1.54, 1.807) is 0 Å². The van der Waals surface area contributed by atoms with Gasteiger partial charge in [-0.1, -0.05) is 0 Å². The summed E-state index contributed by atoms with van der Waals surface area (Å²) < 4.78 is 0. The van der Waals surface area contributed by atoms with Gasteiger partial charge < -0.3 is 10.1 Å². The van der Waals surface area contributed by atoms with Crippen molar-refractivity contribution in [2.45, 2.75) is 26.3 Å². The van der Waals surface area contributed by atoms with Gasteiger partial charge in [-0.05, 0) is 20.3 Å². The molecule has 1 aliphatic carbocycles. The molecule has 1 saturated carbocycles. The number of carbonyl (C=O) groups is 2. The molecule has 0 saturated heterocycles. The molecule has 1 amide bonds. The molecular weight excluding hydrogens is 142 g/mol. The molecule has 0 aromatic carbocycles. The molecule has 0 aromatic rings. The lowest BCUT2D eigenvalue weighted by Gasteiger charge is -2.06. The Balaban J connectivity index is 2.28. The summed E-state index contributed by atoms with van der Waals surface area (Å²) in [7, 11) is 0. The lowest BCUT2D eigenvalue weighted by molar-refractivity contribution is -0.124. The van der Waals surface area contributed by atoms with Gasteiger partial charge in [0, 0.05) is 17.9 Å². The number of aldehydes is 1. The Morgan fingerprint density at radius 1 is 1.64 bits per heavy atom. The fourth-order valence-electron chi connectivity index (χ4n) is 1.06. The smallest absolute Gasteiger partial charge is 0.224 e. The standard InChI is InChI=1S/C8H13NO2/c1-5(2)9-8(11)7-3-6(7)4-10/h4-7H,3H2,1-2H3,(H,9,11)/t6-,7+/m1/s1. The SMILES string of the molecule is CC(C)NC(=O)[C@H]1C[C@@H]1C=O. The number of hydrogen-bond donors (Lipinski definition) is 1. The molecule has 11 heavy (non-hydrogen) atoms. The monoisotopic (exact) mass is 155 g/mol. The molecule has 3 heteroatoms. The summed E-state index contributed by atoms with van der Waals surface area (Å²) in [6.07, 6.45) is 1.60. The zero-order valence-electron chi connectivity index (χ0n) is 6.83. The molecule has 0 radical (unpaired) electrons. The minimum absolute atomic E-state index is 0.00579. The molecule has 1 rings (SSSR count). The van der Waals surface area contributed by atoms with Gasteiger partial charge in [-0.3, -0.25) is 4.79 Å². The van der Waals surface area contributed by atoms with E-state index in [0.717, 1.165) is 12.7 Å². The van der Waals surface area contributed by atoms with Crippen molar-refractivity contribution in [1.82, 2.24) is 5.32 Å². The van der Waals surface area contributed by atoms with Gasteiger partial charge in [-0.2, -0.15) is 0 Å². The number of rotatable bonds is 3. The molecule has 1 N–H and O–H groups in total. The van der Waals surface area contributed by atoms with E-state index in [2.05, 4.69) is 5.32 Å². The van der Waals surface area contributed by atoms with Crippen molar-refractivity contribution in [3.05, 3.63) is 0 Å². The zero-order chi connectivity index (χ0) is 8.43. The van der Waals surface area contributed by atoms with Gasteiger partial charge in [0.05, 0.1) is 0 Å². The van der Waals surface area contributed by atoms with E-state index in [1.807, 2.05) is 13.8 Å². The van der Waals surface area contributed by atoms with Crippen LogP contribution in [0.3, 0.4) is 0 Å². The summed E-state index contributed by atoms with van der Waals surface area (Å²) in [5, 5.41) is 2.77. The second-order valence-corrected chi connectivity index (χ2v) is 3.31. The molecule has 0 spiro atoms. The van der Waals surface area contributed by atoms with Gasteiger partial charge in [0.1, 0.15) is 6.29 Å². The predicted octanol–water partition coefficient (Wildman–Crippen LogP) is 0.346.